The van der Waals surface area contributed by atoms with Crippen LogP contribution in [0.4, 0.5) is 17.2 Å². The SMILES string of the molecule is CCC(C)Nc1ccccc1Nc1nc(-c2ccccc2)ncc1C(=O)O. The molecule has 0 radical (unpaired) electrons. The highest BCUT2D eigenvalue weighted by Crippen LogP contribution is 2.28. The number of carbonyl (C=O) groups is 1. The fraction of sp³-hybridized carbons (Fsp3) is 0.190. The van der Waals surface area contributed by atoms with Gasteiger partial charge >= 0.3 is 5.97 Å². The maximum atomic E-state index is 11.6. The van der Waals surface area contributed by atoms with E-state index in [-0.39, 0.29) is 17.4 Å². The lowest BCUT2D eigenvalue weighted by Crippen LogP contribution is -2.15. The van der Waals surface area contributed by atoms with Gasteiger partial charge in [0.15, 0.2) is 5.82 Å². The largest absolute Gasteiger partial charge is 0.477 e. The predicted molar refractivity (Wildman–Crippen MR) is 108 cm³/mol. The molecule has 0 aliphatic carbocycles. The number of hydrogen-bond donors (Lipinski definition) is 3. The molecule has 6 heteroatoms. The van der Waals surface area contributed by atoms with Crippen LogP contribution in [0.2, 0.25) is 0 Å². The van der Waals surface area contributed by atoms with Gasteiger partial charge in [0.1, 0.15) is 11.4 Å². The average molecular weight is 362 g/mol. The van der Waals surface area contributed by atoms with E-state index in [0.717, 1.165) is 23.4 Å². The molecule has 27 heavy (non-hydrogen) atoms. The maximum Gasteiger partial charge on any atom is 0.341 e. The third-order valence-electron chi connectivity index (χ3n) is 4.25. The molecule has 0 bridgehead atoms. The van der Waals surface area contributed by atoms with E-state index in [4.69, 9.17) is 0 Å². The van der Waals surface area contributed by atoms with Gasteiger partial charge < -0.3 is 15.7 Å². The van der Waals surface area contributed by atoms with Gasteiger partial charge in [0.05, 0.1) is 11.4 Å². The van der Waals surface area contributed by atoms with Gasteiger partial charge in [0.25, 0.3) is 0 Å². The molecule has 2 aromatic carbocycles. The number of nitrogens with zero attached hydrogens (tertiary/aromatic N) is 2. The summed E-state index contributed by atoms with van der Waals surface area (Å²) in [5.74, 6) is -0.352. The molecule has 1 aromatic heterocycles. The van der Waals surface area contributed by atoms with Gasteiger partial charge in [-0.3, -0.25) is 0 Å². The summed E-state index contributed by atoms with van der Waals surface area (Å²) in [4.78, 5) is 20.3. The summed E-state index contributed by atoms with van der Waals surface area (Å²) in [6.07, 6.45) is 2.31. The lowest BCUT2D eigenvalue weighted by Gasteiger charge is -2.18. The number of hydrogen-bond acceptors (Lipinski definition) is 5. The third-order valence-corrected chi connectivity index (χ3v) is 4.25. The van der Waals surface area contributed by atoms with E-state index in [9.17, 15) is 9.90 Å². The third kappa shape index (κ3) is 4.41. The molecule has 0 saturated heterocycles. The van der Waals surface area contributed by atoms with Crippen LogP contribution in [0.25, 0.3) is 11.4 Å². The van der Waals surface area contributed by atoms with Crippen molar-refractivity contribution >= 4 is 23.2 Å². The molecule has 3 rings (SSSR count). The number of rotatable bonds is 7. The lowest BCUT2D eigenvalue weighted by molar-refractivity contribution is 0.0697. The summed E-state index contributed by atoms with van der Waals surface area (Å²) in [5.41, 5.74) is 2.50. The summed E-state index contributed by atoms with van der Waals surface area (Å²) in [5, 5.41) is 16.1. The van der Waals surface area contributed by atoms with Crippen LogP contribution in [0.15, 0.2) is 60.8 Å². The van der Waals surface area contributed by atoms with Crippen molar-refractivity contribution in [2.75, 3.05) is 10.6 Å². The van der Waals surface area contributed by atoms with Crippen LogP contribution in [0.1, 0.15) is 30.6 Å². The molecule has 6 nitrogen and oxygen atoms in total. The molecule has 138 valence electrons. The van der Waals surface area contributed by atoms with Crippen molar-refractivity contribution in [2.45, 2.75) is 26.3 Å². The number of aromatic nitrogens is 2. The Kier molecular flexibility index (Phi) is 5.66. The molecule has 0 spiro atoms. The molecular weight excluding hydrogens is 340 g/mol. The molecule has 0 aliphatic rings. The average Bonchev–Trinajstić information content (AvgIpc) is 2.69. The number of carboxylic acid groups (broad SMARTS) is 1. The number of aromatic carboxylic acids is 1. The Bertz CT molecular complexity index is 928. The van der Waals surface area contributed by atoms with E-state index >= 15 is 0 Å². The van der Waals surface area contributed by atoms with Crippen molar-refractivity contribution in [3.8, 4) is 11.4 Å². The normalized spacial score (nSPS) is 11.6. The Labute approximate surface area is 158 Å². The highest BCUT2D eigenvalue weighted by atomic mass is 16.4. The summed E-state index contributed by atoms with van der Waals surface area (Å²) in [6.45, 7) is 4.20. The first-order valence-electron chi connectivity index (χ1n) is 8.86. The van der Waals surface area contributed by atoms with Crippen molar-refractivity contribution < 1.29 is 9.90 Å². The monoisotopic (exact) mass is 362 g/mol. The number of carboxylic acids is 1. The summed E-state index contributed by atoms with van der Waals surface area (Å²) in [7, 11) is 0. The van der Waals surface area contributed by atoms with E-state index in [0.29, 0.717) is 5.82 Å². The first-order chi connectivity index (χ1) is 13.1. The Morgan fingerprint density at radius 2 is 1.74 bits per heavy atom. The van der Waals surface area contributed by atoms with E-state index < -0.39 is 5.97 Å². The highest BCUT2D eigenvalue weighted by molar-refractivity contribution is 5.94. The van der Waals surface area contributed by atoms with Crippen LogP contribution in [-0.4, -0.2) is 27.1 Å². The molecule has 0 amide bonds. The van der Waals surface area contributed by atoms with Crippen molar-refractivity contribution in [2.24, 2.45) is 0 Å². The molecule has 1 unspecified atom stereocenters. The Balaban J connectivity index is 2.00. The molecule has 3 N–H and O–H groups in total. The molecule has 1 heterocycles. The molecule has 1 atom stereocenters. The van der Waals surface area contributed by atoms with E-state index in [1.807, 2.05) is 54.6 Å². The topological polar surface area (TPSA) is 87.1 Å². The second-order valence-electron chi connectivity index (χ2n) is 6.25. The Morgan fingerprint density at radius 3 is 2.41 bits per heavy atom. The van der Waals surface area contributed by atoms with Gasteiger partial charge in [-0.2, -0.15) is 0 Å². The second-order valence-corrected chi connectivity index (χ2v) is 6.25. The van der Waals surface area contributed by atoms with Gasteiger partial charge in [-0.1, -0.05) is 49.4 Å². The van der Waals surface area contributed by atoms with Crippen molar-refractivity contribution in [1.82, 2.24) is 9.97 Å². The lowest BCUT2D eigenvalue weighted by atomic mass is 10.2. The van der Waals surface area contributed by atoms with Gasteiger partial charge in [0, 0.05) is 17.8 Å². The molecule has 0 saturated carbocycles. The summed E-state index contributed by atoms with van der Waals surface area (Å²) < 4.78 is 0. The number of anilines is 3. The zero-order chi connectivity index (χ0) is 19.2. The van der Waals surface area contributed by atoms with E-state index in [1.54, 1.807) is 0 Å². The van der Waals surface area contributed by atoms with Crippen molar-refractivity contribution in [3.63, 3.8) is 0 Å². The first kappa shape index (κ1) is 18.4. The minimum Gasteiger partial charge on any atom is -0.477 e. The minimum atomic E-state index is -1.08. The Morgan fingerprint density at radius 1 is 1.07 bits per heavy atom. The quantitative estimate of drug-likeness (QED) is 0.560. The van der Waals surface area contributed by atoms with Gasteiger partial charge in [0.2, 0.25) is 0 Å². The smallest absolute Gasteiger partial charge is 0.341 e. The Hall–Kier alpha value is -3.41. The minimum absolute atomic E-state index is 0.0213. The van der Waals surface area contributed by atoms with Crippen LogP contribution < -0.4 is 10.6 Å². The van der Waals surface area contributed by atoms with Gasteiger partial charge in [-0.25, -0.2) is 14.8 Å². The maximum absolute atomic E-state index is 11.6. The second kappa shape index (κ2) is 8.31. The highest BCUT2D eigenvalue weighted by Gasteiger charge is 2.16. The predicted octanol–water partition coefficient (Wildman–Crippen LogP) is 4.80. The van der Waals surface area contributed by atoms with E-state index in [1.165, 1.54) is 6.20 Å². The molecule has 0 aliphatic heterocycles. The summed E-state index contributed by atoms with van der Waals surface area (Å²) in [6, 6.07) is 17.4. The molecule has 3 aromatic rings. The molecule has 0 fully saturated rings. The van der Waals surface area contributed by atoms with Crippen LogP contribution in [0.5, 0.6) is 0 Å². The van der Waals surface area contributed by atoms with Crippen LogP contribution in [0, 0.1) is 0 Å². The fourth-order valence-electron chi connectivity index (χ4n) is 2.57. The van der Waals surface area contributed by atoms with Crippen molar-refractivity contribution in [3.05, 3.63) is 66.4 Å². The van der Waals surface area contributed by atoms with E-state index in [2.05, 4.69) is 34.4 Å². The van der Waals surface area contributed by atoms with Crippen LogP contribution >= 0.6 is 0 Å². The zero-order valence-electron chi connectivity index (χ0n) is 15.3. The number of para-hydroxylation sites is 2. The number of nitrogens with one attached hydrogen (secondary N) is 2. The van der Waals surface area contributed by atoms with Crippen LogP contribution in [0.3, 0.4) is 0 Å². The zero-order valence-corrected chi connectivity index (χ0v) is 15.3. The van der Waals surface area contributed by atoms with Gasteiger partial charge in [-0.05, 0) is 25.5 Å². The van der Waals surface area contributed by atoms with Crippen LogP contribution in [-0.2, 0) is 0 Å². The first-order valence-corrected chi connectivity index (χ1v) is 8.86. The summed E-state index contributed by atoms with van der Waals surface area (Å²) >= 11 is 0. The van der Waals surface area contributed by atoms with Crippen molar-refractivity contribution in [1.29, 1.82) is 0 Å². The molecular formula is C21H22N4O2. The van der Waals surface area contributed by atoms with Gasteiger partial charge in [-0.15, -0.1) is 0 Å². The number of benzene rings is 2. The standard InChI is InChI=1S/C21H22N4O2/c1-3-14(2)23-17-11-7-8-12-18(17)24-20-16(21(26)27)13-22-19(25-20)15-9-5-4-6-10-15/h4-14,23H,3H2,1-2H3,(H,26,27)(H,22,24,25). The fourth-order valence-corrected chi connectivity index (χ4v) is 2.57.